The fraction of sp³-hybridized carbons (Fsp3) is 0.370. The monoisotopic (exact) mass is 483 g/mol. The van der Waals surface area contributed by atoms with E-state index in [1.807, 2.05) is 52.7 Å². The lowest BCUT2D eigenvalue weighted by Crippen LogP contribution is -2.39. The van der Waals surface area contributed by atoms with E-state index in [4.69, 9.17) is 4.74 Å². The molecule has 1 saturated heterocycles. The fourth-order valence-electron chi connectivity index (χ4n) is 5.21. The summed E-state index contributed by atoms with van der Waals surface area (Å²) < 4.78 is 9.08. The lowest BCUT2D eigenvalue weighted by molar-refractivity contribution is 0.132. The summed E-state index contributed by atoms with van der Waals surface area (Å²) in [5, 5.41) is 9.01. The molecule has 1 saturated carbocycles. The lowest BCUT2D eigenvalue weighted by Gasteiger charge is -2.33. The van der Waals surface area contributed by atoms with Gasteiger partial charge in [-0.2, -0.15) is 10.2 Å². The van der Waals surface area contributed by atoms with Crippen molar-refractivity contribution in [3.63, 3.8) is 0 Å². The molecular weight excluding hydrogens is 454 g/mol. The average molecular weight is 484 g/mol. The zero-order valence-electron chi connectivity index (χ0n) is 20.3. The van der Waals surface area contributed by atoms with Gasteiger partial charge in [0.2, 0.25) is 0 Å². The molecule has 2 fully saturated rings. The maximum absolute atomic E-state index is 11.9. The van der Waals surface area contributed by atoms with Gasteiger partial charge in [0.05, 0.1) is 25.0 Å². The molecule has 36 heavy (non-hydrogen) atoms. The van der Waals surface area contributed by atoms with Crippen LogP contribution in [0.15, 0.2) is 61.4 Å². The summed E-state index contributed by atoms with van der Waals surface area (Å²) in [5.74, 6) is 0.689. The first-order valence-electron chi connectivity index (χ1n) is 12.6. The van der Waals surface area contributed by atoms with Gasteiger partial charge in [-0.25, -0.2) is 14.8 Å². The van der Waals surface area contributed by atoms with Crippen molar-refractivity contribution < 1.29 is 9.53 Å². The minimum atomic E-state index is -0.164. The van der Waals surface area contributed by atoms with E-state index in [0.29, 0.717) is 25.0 Å². The number of carbonyl (C=O) groups excluding carboxylic acids is 1. The smallest absolute Gasteiger partial charge is 0.410 e. The Labute approximate surface area is 209 Å². The lowest BCUT2D eigenvalue weighted by atomic mass is 9.90. The molecule has 0 radical (unpaired) electrons. The van der Waals surface area contributed by atoms with Crippen molar-refractivity contribution in [1.82, 2.24) is 34.4 Å². The summed E-state index contributed by atoms with van der Waals surface area (Å²) in [5.41, 5.74) is 5.10. The average Bonchev–Trinajstić information content (AvgIpc) is 3.70. The molecule has 0 spiro atoms. The maximum Gasteiger partial charge on any atom is 0.410 e. The van der Waals surface area contributed by atoms with E-state index in [1.54, 1.807) is 0 Å². The molecule has 1 aliphatic heterocycles. The number of amides is 1. The SMILES string of the molecule is CCn1cc(-c2cccc(-c3ncc(-c4cnn(C5CCC(N6CCOC6=O)CC5)c4)cn3)c2)cn1. The molecule has 1 aliphatic carbocycles. The summed E-state index contributed by atoms with van der Waals surface area (Å²) in [6.07, 6.45) is 15.4. The van der Waals surface area contributed by atoms with Crippen LogP contribution >= 0.6 is 0 Å². The van der Waals surface area contributed by atoms with Crippen LogP contribution in [0.25, 0.3) is 33.6 Å². The van der Waals surface area contributed by atoms with Crippen molar-refractivity contribution in [3.8, 4) is 33.6 Å². The highest BCUT2D eigenvalue weighted by atomic mass is 16.6. The predicted octanol–water partition coefficient (Wildman–Crippen LogP) is 4.83. The molecule has 184 valence electrons. The van der Waals surface area contributed by atoms with E-state index in [9.17, 15) is 4.79 Å². The fourth-order valence-corrected chi connectivity index (χ4v) is 5.21. The first kappa shape index (κ1) is 22.5. The molecule has 0 bridgehead atoms. The highest BCUT2D eigenvalue weighted by molar-refractivity contribution is 5.70. The summed E-state index contributed by atoms with van der Waals surface area (Å²) >= 11 is 0. The van der Waals surface area contributed by atoms with Gasteiger partial charge in [-0.3, -0.25) is 9.36 Å². The van der Waals surface area contributed by atoms with E-state index < -0.39 is 0 Å². The van der Waals surface area contributed by atoms with Crippen LogP contribution in [0.3, 0.4) is 0 Å². The normalized spacial score (nSPS) is 20.0. The van der Waals surface area contributed by atoms with Gasteiger partial charge in [-0.05, 0) is 44.2 Å². The van der Waals surface area contributed by atoms with Crippen molar-refractivity contribution in [2.45, 2.75) is 51.2 Å². The highest BCUT2D eigenvalue weighted by Crippen LogP contribution is 2.33. The number of cyclic esters (lactones) is 1. The zero-order chi connectivity index (χ0) is 24.5. The Hall–Kier alpha value is -4.01. The van der Waals surface area contributed by atoms with E-state index in [-0.39, 0.29) is 12.1 Å². The number of hydrogen-bond acceptors (Lipinski definition) is 6. The topological polar surface area (TPSA) is 91.0 Å². The van der Waals surface area contributed by atoms with Gasteiger partial charge >= 0.3 is 6.09 Å². The molecule has 1 amide bonds. The van der Waals surface area contributed by atoms with Gasteiger partial charge < -0.3 is 9.64 Å². The van der Waals surface area contributed by atoms with Crippen LogP contribution < -0.4 is 0 Å². The number of aromatic nitrogens is 6. The summed E-state index contributed by atoms with van der Waals surface area (Å²) in [4.78, 5) is 23.0. The van der Waals surface area contributed by atoms with E-state index in [1.165, 1.54) is 0 Å². The second-order valence-corrected chi connectivity index (χ2v) is 9.44. The van der Waals surface area contributed by atoms with Gasteiger partial charge in [-0.1, -0.05) is 18.2 Å². The van der Waals surface area contributed by atoms with E-state index >= 15 is 0 Å². The molecule has 2 aliphatic rings. The number of aryl methyl sites for hydroxylation is 1. The minimum Gasteiger partial charge on any atom is -0.448 e. The van der Waals surface area contributed by atoms with Crippen LogP contribution in [0.1, 0.15) is 38.6 Å². The third-order valence-corrected chi connectivity index (χ3v) is 7.27. The van der Waals surface area contributed by atoms with Gasteiger partial charge in [0.15, 0.2) is 5.82 Å². The summed E-state index contributed by atoms with van der Waals surface area (Å²) in [6.45, 7) is 4.14. The van der Waals surface area contributed by atoms with Gasteiger partial charge in [0, 0.05) is 59.6 Å². The Bertz CT molecular complexity index is 1350. The molecule has 0 atom stereocenters. The Morgan fingerprint density at radius 3 is 2.31 bits per heavy atom. The summed E-state index contributed by atoms with van der Waals surface area (Å²) in [6, 6.07) is 8.85. The molecule has 1 aromatic carbocycles. The van der Waals surface area contributed by atoms with Crippen LogP contribution in [-0.4, -0.2) is 59.7 Å². The molecular formula is C27H29N7O2. The third-order valence-electron chi connectivity index (χ3n) is 7.27. The molecule has 9 nitrogen and oxygen atoms in total. The van der Waals surface area contributed by atoms with Crippen LogP contribution in [0.2, 0.25) is 0 Å². The largest absolute Gasteiger partial charge is 0.448 e. The molecule has 4 aromatic rings. The Balaban J connectivity index is 1.13. The third kappa shape index (κ3) is 4.36. The van der Waals surface area contributed by atoms with Crippen LogP contribution in [-0.2, 0) is 11.3 Å². The van der Waals surface area contributed by atoms with Gasteiger partial charge in [0.1, 0.15) is 6.61 Å². The molecule has 4 heterocycles. The van der Waals surface area contributed by atoms with Crippen molar-refractivity contribution in [2.75, 3.05) is 13.2 Å². The summed E-state index contributed by atoms with van der Waals surface area (Å²) in [7, 11) is 0. The number of hydrogen-bond donors (Lipinski definition) is 0. The van der Waals surface area contributed by atoms with E-state index in [2.05, 4.69) is 50.1 Å². The van der Waals surface area contributed by atoms with Gasteiger partial charge in [0.25, 0.3) is 0 Å². The van der Waals surface area contributed by atoms with Crippen LogP contribution in [0, 0.1) is 0 Å². The second-order valence-electron chi connectivity index (χ2n) is 9.44. The number of nitrogens with zero attached hydrogens (tertiary/aromatic N) is 7. The number of carbonyl (C=O) groups is 1. The first-order chi connectivity index (χ1) is 17.7. The zero-order valence-corrected chi connectivity index (χ0v) is 20.3. The van der Waals surface area contributed by atoms with Crippen LogP contribution in [0.4, 0.5) is 4.79 Å². The van der Waals surface area contributed by atoms with Gasteiger partial charge in [-0.15, -0.1) is 0 Å². The highest BCUT2D eigenvalue weighted by Gasteiger charge is 2.33. The van der Waals surface area contributed by atoms with Crippen molar-refractivity contribution in [3.05, 3.63) is 61.4 Å². The molecule has 9 heteroatoms. The first-order valence-corrected chi connectivity index (χ1v) is 12.6. The minimum absolute atomic E-state index is 0.164. The Kier molecular flexibility index (Phi) is 5.96. The quantitative estimate of drug-likeness (QED) is 0.390. The molecule has 0 unspecified atom stereocenters. The Morgan fingerprint density at radius 1 is 0.861 bits per heavy atom. The van der Waals surface area contributed by atoms with E-state index in [0.717, 1.165) is 60.0 Å². The molecule has 6 rings (SSSR count). The molecule has 0 N–H and O–H groups in total. The van der Waals surface area contributed by atoms with Crippen molar-refractivity contribution >= 4 is 6.09 Å². The van der Waals surface area contributed by atoms with Crippen LogP contribution in [0.5, 0.6) is 0 Å². The van der Waals surface area contributed by atoms with Crippen molar-refractivity contribution in [1.29, 1.82) is 0 Å². The maximum atomic E-state index is 11.9. The number of rotatable bonds is 6. The standard InChI is InChI=1S/C27H29N7O2/c1-2-32-17-22(15-30-32)19-4-3-5-20(12-19)26-28-13-21(14-29-26)23-16-31-34(18-23)25-8-6-24(7-9-25)33-10-11-36-27(33)35/h3-5,12-18,24-25H,2,6-11H2,1H3. The number of ether oxygens (including phenoxy) is 1. The molecule has 3 aromatic heterocycles. The van der Waals surface area contributed by atoms with Crippen molar-refractivity contribution in [2.24, 2.45) is 0 Å². The second kappa shape index (κ2) is 9.56. The Morgan fingerprint density at radius 2 is 1.58 bits per heavy atom. The number of benzene rings is 1. The predicted molar refractivity (Wildman–Crippen MR) is 135 cm³/mol.